The lowest BCUT2D eigenvalue weighted by molar-refractivity contribution is 0.545. The number of hydrogen-bond acceptors (Lipinski definition) is 3. The van der Waals surface area contributed by atoms with Crippen molar-refractivity contribution in [3.05, 3.63) is 59.0 Å². The highest BCUT2D eigenvalue weighted by atomic mass is 16.3. The maximum atomic E-state index is 5.66. The van der Waals surface area contributed by atoms with Gasteiger partial charge in [-0.15, -0.1) is 0 Å². The summed E-state index contributed by atoms with van der Waals surface area (Å²) in [5.41, 5.74) is 5.73. The van der Waals surface area contributed by atoms with Crippen LogP contribution in [0.2, 0.25) is 0 Å². The Kier molecular flexibility index (Phi) is 3.52. The summed E-state index contributed by atoms with van der Waals surface area (Å²) in [6.07, 6.45) is 1.84. The fourth-order valence-electron chi connectivity index (χ4n) is 2.36. The van der Waals surface area contributed by atoms with Crippen molar-refractivity contribution >= 4 is 5.69 Å². The molecule has 0 saturated heterocycles. The number of anilines is 1. The standard InChI is InChI=1S/C17H19N3O/c1-11-5-4-6-15(13(11)3)18-9-14-10-19-20-17(14)16-8-7-12(2)21-16/h4-8,10,18H,9H2,1-3H3,(H,19,20). The van der Waals surface area contributed by atoms with Gasteiger partial charge in [0.1, 0.15) is 11.5 Å². The minimum atomic E-state index is 0.704. The van der Waals surface area contributed by atoms with Crippen molar-refractivity contribution in [2.45, 2.75) is 27.3 Å². The number of furan rings is 1. The van der Waals surface area contributed by atoms with Crippen LogP contribution < -0.4 is 5.32 Å². The van der Waals surface area contributed by atoms with E-state index in [4.69, 9.17) is 4.42 Å². The Morgan fingerprint density at radius 1 is 1.14 bits per heavy atom. The van der Waals surface area contributed by atoms with E-state index in [0.717, 1.165) is 28.5 Å². The molecule has 2 aromatic heterocycles. The van der Waals surface area contributed by atoms with E-state index in [9.17, 15) is 0 Å². The van der Waals surface area contributed by atoms with Crippen LogP contribution in [0, 0.1) is 20.8 Å². The fraction of sp³-hybridized carbons (Fsp3) is 0.235. The minimum absolute atomic E-state index is 0.704. The molecule has 0 atom stereocenters. The Balaban J connectivity index is 1.80. The third-order valence-corrected chi connectivity index (χ3v) is 3.78. The van der Waals surface area contributed by atoms with Crippen molar-refractivity contribution in [3.63, 3.8) is 0 Å². The predicted molar refractivity (Wildman–Crippen MR) is 84.3 cm³/mol. The predicted octanol–water partition coefficient (Wildman–Crippen LogP) is 4.21. The van der Waals surface area contributed by atoms with Crippen LogP contribution >= 0.6 is 0 Å². The maximum Gasteiger partial charge on any atom is 0.152 e. The number of rotatable bonds is 4. The number of nitrogens with zero attached hydrogens (tertiary/aromatic N) is 1. The second kappa shape index (κ2) is 5.48. The summed E-state index contributed by atoms with van der Waals surface area (Å²) in [5.74, 6) is 1.72. The molecule has 0 fully saturated rings. The molecule has 0 radical (unpaired) electrons. The summed E-state index contributed by atoms with van der Waals surface area (Å²) in [6, 6.07) is 10.2. The van der Waals surface area contributed by atoms with Gasteiger partial charge in [0.25, 0.3) is 0 Å². The van der Waals surface area contributed by atoms with Crippen molar-refractivity contribution in [2.75, 3.05) is 5.32 Å². The van der Waals surface area contributed by atoms with Gasteiger partial charge in [0.2, 0.25) is 0 Å². The van der Waals surface area contributed by atoms with Gasteiger partial charge in [0.05, 0.1) is 6.20 Å². The first-order valence-electron chi connectivity index (χ1n) is 7.04. The van der Waals surface area contributed by atoms with Crippen molar-refractivity contribution < 1.29 is 4.42 Å². The van der Waals surface area contributed by atoms with Gasteiger partial charge in [-0.1, -0.05) is 12.1 Å². The van der Waals surface area contributed by atoms with Gasteiger partial charge in [-0.2, -0.15) is 5.10 Å². The van der Waals surface area contributed by atoms with Crippen LogP contribution in [-0.4, -0.2) is 10.2 Å². The molecule has 21 heavy (non-hydrogen) atoms. The number of aryl methyl sites for hydroxylation is 2. The molecule has 2 N–H and O–H groups in total. The van der Waals surface area contributed by atoms with Gasteiger partial charge in [0.15, 0.2) is 5.76 Å². The van der Waals surface area contributed by atoms with Crippen molar-refractivity contribution in [3.8, 4) is 11.5 Å². The largest absolute Gasteiger partial charge is 0.460 e. The first kappa shape index (κ1) is 13.5. The molecule has 0 aliphatic carbocycles. The lowest BCUT2D eigenvalue weighted by Gasteiger charge is -2.11. The van der Waals surface area contributed by atoms with Gasteiger partial charge in [-0.05, 0) is 50.1 Å². The zero-order valence-corrected chi connectivity index (χ0v) is 12.5. The fourth-order valence-corrected chi connectivity index (χ4v) is 2.36. The minimum Gasteiger partial charge on any atom is -0.460 e. The van der Waals surface area contributed by atoms with E-state index in [2.05, 4.69) is 47.6 Å². The second-order valence-corrected chi connectivity index (χ2v) is 5.28. The third kappa shape index (κ3) is 2.70. The number of aromatic nitrogens is 2. The smallest absolute Gasteiger partial charge is 0.152 e. The Labute approximate surface area is 124 Å². The molecule has 0 amide bonds. The van der Waals surface area contributed by atoms with Crippen molar-refractivity contribution in [1.29, 1.82) is 0 Å². The van der Waals surface area contributed by atoms with Crippen molar-refractivity contribution in [1.82, 2.24) is 10.2 Å². The molecule has 0 aliphatic heterocycles. The number of benzene rings is 1. The van der Waals surface area contributed by atoms with E-state index in [1.165, 1.54) is 11.1 Å². The molecule has 0 bridgehead atoms. The molecule has 2 heterocycles. The summed E-state index contributed by atoms with van der Waals surface area (Å²) in [7, 11) is 0. The molecule has 0 unspecified atom stereocenters. The molecule has 1 aromatic carbocycles. The van der Waals surface area contributed by atoms with Crippen molar-refractivity contribution in [2.24, 2.45) is 0 Å². The van der Waals surface area contributed by atoms with E-state index in [1.807, 2.05) is 25.3 Å². The molecule has 0 aliphatic rings. The van der Waals surface area contributed by atoms with E-state index < -0.39 is 0 Å². The molecule has 3 aromatic rings. The Morgan fingerprint density at radius 3 is 2.76 bits per heavy atom. The highest BCUT2D eigenvalue weighted by Crippen LogP contribution is 2.25. The highest BCUT2D eigenvalue weighted by Gasteiger charge is 2.11. The topological polar surface area (TPSA) is 53.9 Å². The van der Waals surface area contributed by atoms with E-state index in [-0.39, 0.29) is 0 Å². The molecule has 0 spiro atoms. The molecule has 108 valence electrons. The average molecular weight is 281 g/mol. The highest BCUT2D eigenvalue weighted by molar-refractivity contribution is 5.59. The second-order valence-electron chi connectivity index (χ2n) is 5.28. The molecule has 4 heteroatoms. The quantitative estimate of drug-likeness (QED) is 0.753. The Morgan fingerprint density at radius 2 is 2.00 bits per heavy atom. The number of hydrogen-bond donors (Lipinski definition) is 2. The summed E-state index contributed by atoms with van der Waals surface area (Å²) in [5, 5.41) is 10.6. The lowest BCUT2D eigenvalue weighted by Crippen LogP contribution is -2.02. The van der Waals surface area contributed by atoms with Crippen LogP contribution in [0.3, 0.4) is 0 Å². The SMILES string of the molecule is Cc1ccc(-c2[nH]ncc2CNc2cccc(C)c2C)o1. The molecule has 4 nitrogen and oxygen atoms in total. The van der Waals surface area contributed by atoms with Crippen LogP contribution in [0.15, 0.2) is 40.9 Å². The number of nitrogens with one attached hydrogen (secondary N) is 2. The molecular weight excluding hydrogens is 262 g/mol. The number of H-pyrrole nitrogens is 1. The summed E-state index contributed by atoms with van der Waals surface area (Å²) in [6.45, 7) is 6.89. The zero-order chi connectivity index (χ0) is 14.8. The Hall–Kier alpha value is -2.49. The molecular formula is C17H19N3O. The zero-order valence-electron chi connectivity index (χ0n) is 12.5. The number of aromatic amines is 1. The van der Waals surface area contributed by atoms with Gasteiger partial charge in [0, 0.05) is 17.8 Å². The lowest BCUT2D eigenvalue weighted by atomic mass is 10.1. The van der Waals surface area contributed by atoms with Crippen LogP contribution in [0.1, 0.15) is 22.5 Å². The van der Waals surface area contributed by atoms with Gasteiger partial charge in [-0.25, -0.2) is 0 Å². The molecule has 3 rings (SSSR count). The summed E-state index contributed by atoms with van der Waals surface area (Å²) >= 11 is 0. The first-order chi connectivity index (χ1) is 10.1. The monoisotopic (exact) mass is 281 g/mol. The van der Waals surface area contributed by atoms with Gasteiger partial charge < -0.3 is 9.73 Å². The van der Waals surface area contributed by atoms with Crippen LogP contribution in [0.25, 0.3) is 11.5 Å². The average Bonchev–Trinajstić information content (AvgIpc) is 3.09. The van der Waals surface area contributed by atoms with Crippen LogP contribution in [0.4, 0.5) is 5.69 Å². The van der Waals surface area contributed by atoms with E-state index in [0.29, 0.717) is 6.54 Å². The summed E-state index contributed by atoms with van der Waals surface area (Å²) in [4.78, 5) is 0. The normalized spacial score (nSPS) is 10.8. The van der Waals surface area contributed by atoms with Gasteiger partial charge in [-0.3, -0.25) is 5.10 Å². The third-order valence-electron chi connectivity index (χ3n) is 3.78. The van der Waals surface area contributed by atoms with Gasteiger partial charge >= 0.3 is 0 Å². The van der Waals surface area contributed by atoms with Crippen LogP contribution in [0.5, 0.6) is 0 Å². The van der Waals surface area contributed by atoms with Crippen LogP contribution in [-0.2, 0) is 6.54 Å². The van der Waals surface area contributed by atoms with E-state index in [1.54, 1.807) is 0 Å². The maximum absolute atomic E-state index is 5.66. The first-order valence-corrected chi connectivity index (χ1v) is 7.04. The van der Waals surface area contributed by atoms with E-state index >= 15 is 0 Å². The Bertz CT molecular complexity index is 755. The summed E-state index contributed by atoms with van der Waals surface area (Å²) < 4.78 is 5.66. The molecule has 0 saturated carbocycles.